The van der Waals surface area contributed by atoms with Gasteiger partial charge in [0.2, 0.25) is 5.91 Å². The highest BCUT2D eigenvalue weighted by molar-refractivity contribution is 9.10. The molecule has 5 atom stereocenters. The molecule has 1 heterocycles. The van der Waals surface area contributed by atoms with Crippen LogP contribution in [0, 0.1) is 30.6 Å². The van der Waals surface area contributed by atoms with Crippen molar-refractivity contribution in [3.8, 4) is 0 Å². The maximum absolute atomic E-state index is 12.7. The summed E-state index contributed by atoms with van der Waals surface area (Å²) in [6.45, 7) is 1.91. The van der Waals surface area contributed by atoms with E-state index in [1.54, 1.807) is 6.07 Å². The van der Waals surface area contributed by atoms with Gasteiger partial charge >= 0.3 is 5.97 Å². The SMILES string of the molecule is Cc1cc(Br)c(Cl)cc1NC(=O)[C@H]1[C@@H]2C[C@H]3[C@H]1C(=O)O[C@H]3C2. The van der Waals surface area contributed by atoms with Crippen LogP contribution in [0.1, 0.15) is 18.4 Å². The van der Waals surface area contributed by atoms with Gasteiger partial charge in [0.05, 0.1) is 16.9 Å². The van der Waals surface area contributed by atoms with Gasteiger partial charge in [0.25, 0.3) is 0 Å². The van der Waals surface area contributed by atoms with Gasteiger partial charge in [-0.15, -0.1) is 0 Å². The molecule has 1 aromatic carbocycles. The van der Waals surface area contributed by atoms with Crippen LogP contribution in [0.2, 0.25) is 5.02 Å². The lowest BCUT2D eigenvalue weighted by atomic mass is 9.79. The van der Waals surface area contributed by atoms with Gasteiger partial charge in [0.15, 0.2) is 0 Å². The number of fused-ring (bicyclic) bond motifs is 1. The largest absolute Gasteiger partial charge is 0.462 e. The molecule has 0 unspecified atom stereocenters. The van der Waals surface area contributed by atoms with Crippen molar-refractivity contribution in [3.05, 3.63) is 27.2 Å². The van der Waals surface area contributed by atoms with Gasteiger partial charge in [-0.1, -0.05) is 11.6 Å². The number of halogens is 2. The van der Waals surface area contributed by atoms with Crippen molar-refractivity contribution in [2.24, 2.45) is 23.7 Å². The van der Waals surface area contributed by atoms with E-state index in [0.717, 1.165) is 22.9 Å². The minimum absolute atomic E-state index is 0.0513. The highest BCUT2D eigenvalue weighted by Crippen LogP contribution is 2.57. The number of ether oxygens (including phenoxy) is 1. The van der Waals surface area contributed by atoms with Crippen molar-refractivity contribution < 1.29 is 14.3 Å². The Labute approximate surface area is 141 Å². The monoisotopic (exact) mass is 383 g/mol. The fraction of sp³-hybridized carbons (Fsp3) is 0.500. The van der Waals surface area contributed by atoms with Gasteiger partial charge in [-0.2, -0.15) is 0 Å². The van der Waals surface area contributed by atoms with E-state index < -0.39 is 0 Å². The van der Waals surface area contributed by atoms with Gasteiger partial charge in [-0.25, -0.2) is 0 Å². The normalized spacial score (nSPS) is 34.9. The van der Waals surface area contributed by atoms with Gasteiger partial charge < -0.3 is 10.1 Å². The van der Waals surface area contributed by atoms with E-state index in [4.69, 9.17) is 16.3 Å². The minimum atomic E-state index is -0.266. The summed E-state index contributed by atoms with van der Waals surface area (Å²) in [5, 5.41) is 3.51. The van der Waals surface area contributed by atoms with E-state index in [0.29, 0.717) is 10.7 Å². The van der Waals surface area contributed by atoms with Gasteiger partial charge in [-0.3, -0.25) is 9.59 Å². The number of rotatable bonds is 2. The number of anilines is 1. The summed E-state index contributed by atoms with van der Waals surface area (Å²) in [7, 11) is 0. The zero-order valence-corrected chi connectivity index (χ0v) is 14.3. The Bertz CT molecular complexity index is 690. The van der Waals surface area contributed by atoms with Crippen molar-refractivity contribution in [2.75, 3.05) is 5.32 Å². The van der Waals surface area contributed by atoms with Crippen LogP contribution in [0.5, 0.6) is 0 Å². The Hall–Kier alpha value is -1.07. The van der Waals surface area contributed by atoms with E-state index >= 15 is 0 Å². The van der Waals surface area contributed by atoms with Gasteiger partial charge in [0.1, 0.15) is 6.10 Å². The van der Waals surface area contributed by atoms with Crippen LogP contribution in [0.25, 0.3) is 0 Å². The molecule has 2 aliphatic carbocycles. The molecule has 1 aliphatic heterocycles. The number of hydrogen-bond acceptors (Lipinski definition) is 3. The van der Waals surface area contributed by atoms with Gasteiger partial charge in [0, 0.05) is 16.1 Å². The molecule has 0 spiro atoms. The molecular formula is C16H15BrClNO3. The third-order valence-electron chi connectivity index (χ3n) is 5.31. The molecular weight excluding hydrogens is 370 g/mol. The summed E-state index contributed by atoms with van der Waals surface area (Å²) in [6.07, 6.45) is 1.81. The molecule has 4 nitrogen and oxygen atoms in total. The lowest BCUT2D eigenvalue weighted by molar-refractivity contribution is -0.145. The first kappa shape index (κ1) is 14.5. The summed E-state index contributed by atoms with van der Waals surface area (Å²) < 4.78 is 6.18. The average Bonchev–Trinajstić information content (AvgIpc) is 3.05. The quantitative estimate of drug-likeness (QED) is 0.793. The number of aryl methyl sites for hydroxylation is 1. The van der Waals surface area contributed by atoms with E-state index in [2.05, 4.69) is 21.2 Å². The Morgan fingerprint density at radius 3 is 2.95 bits per heavy atom. The molecule has 0 aromatic heterocycles. The first-order chi connectivity index (χ1) is 10.5. The van der Waals surface area contributed by atoms with Crippen LogP contribution in [0.4, 0.5) is 5.69 Å². The molecule has 22 heavy (non-hydrogen) atoms. The molecule has 3 fully saturated rings. The summed E-state index contributed by atoms with van der Waals surface area (Å²) in [5.41, 5.74) is 1.63. The fourth-order valence-electron chi connectivity index (χ4n) is 4.36. The predicted molar refractivity (Wildman–Crippen MR) is 85.6 cm³/mol. The van der Waals surface area contributed by atoms with E-state index in [1.807, 2.05) is 13.0 Å². The maximum Gasteiger partial charge on any atom is 0.310 e. The van der Waals surface area contributed by atoms with Crippen LogP contribution >= 0.6 is 27.5 Å². The second-order valence-corrected chi connectivity index (χ2v) is 7.75. The lowest BCUT2D eigenvalue weighted by Crippen LogP contribution is -2.36. The number of carbonyl (C=O) groups is 2. The molecule has 2 saturated carbocycles. The van der Waals surface area contributed by atoms with E-state index in [1.165, 1.54) is 0 Å². The molecule has 1 N–H and O–H groups in total. The number of esters is 1. The highest BCUT2D eigenvalue weighted by Gasteiger charge is 2.63. The zero-order valence-electron chi connectivity index (χ0n) is 11.9. The maximum atomic E-state index is 12.7. The summed E-state index contributed by atoms with van der Waals surface area (Å²) >= 11 is 9.47. The average molecular weight is 385 g/mol. The third kappa shape index (κ3) is 2.02. The van der Waals surface area contributed by atoms with Crippen molar-refractivity contribution in [1.82, 2.24) is 0 Å². The zero-order chi connectivity index (χ0) is 15.6. The first-order valence-electron chi connectivity index (χ1n) is 7.42. The van der Waals surface area contributed by atoms with Crippen molar-refractivity contribution in [1.29, 1.82) is 0 Å². The van der Waals surface area contributed by atoms with Crippen molar-refractivity contribution in [2.45, 2.75) is 25.9 Å². The molecule has 2 bridgehead atoms. The molecule has 3 aliphatic rings. The van der Waals surface area contributed by atoms with E-state index in [9.17, 15) is 9.59 Å². The third-order valence-corrected chi connectivity index (χ3v) is 6.51. The predicted octanol–water partition coefficient (Wildman–Crippen LogP) is 3.55. The Morgan fingerprint density at radius 1 is 1.41 bits per heavy atom. The summed E-state index contributed by atoms with van der Waals surface area (Å²) in [6, 6.07) is 3.61. The Balaban J connectivity index is 1.59. The van der Waals surface area contributed by atoms with E-state index in [-0.39, 0.29) is 41.7 Å². The Kier molecular flexibility index (Phi) is 3.28. The number of carbonyl (C=O) groups excluding carboxylic acids is 2. The van der Waals surface area contributed by atoms with Gasteiger partial charge in [-0.05, 0) is 59.3 Å². The molecule has 4 rings (SSSR count). The second-order valence-electron chi connectivity index (χ2n) is 6.49. The minimum Gasteiger partial charge on any atom is -0.462 e. The topological polar surface area (TPSA) is 55.4 Å². The second kappa shape index (κ2) is 4.96. The smallest absolute Gasteiger partial charge is 0.310 e. The number of hydrogen-bond donors (Lipinski definition) is 1. The summed E-state index contributed by atoms with van der Waals surface area (Å²) in [4.78, 5) is 24.7. The fourth-order valence-corrected chi connectivity index (χ4v) is 4.98. The number of amides is 1. The van der Waals surface area contributed by atoms with Crippen LogP contribution < -0.4 is 5.32 Å². The van der Waals surface area contributed by atoms with Crippen molar-refractivity contribution in [3.63, 3.8) is 0 Å². The van der Waals surface area contributed by atoms with Crippen LogP contribution in [0.15, 0.2) is 16.6 Å². The number of benzene rings is 1. The molecule has 6 heteroatoms. The molecule has 1 amide bonds. The van der Waals surface area contributed by atoms with Crippen LogP contribution in [0.3, 0.4) is 0 Å². The molecule has 1 aromatic rings. The molecule has 1 saturated heterocycles. The lowest BCUT2D eigenvalue weighted by Gasteiger charge is -2.24. The Morgan fingerprint density at radius 2 is 2.18 bits per heavy atom. The van der Waals surface area contributed by atoms with Crippen molar-refractivity contribution >= 4 is 45.1 Å². The van der Waals surface area contributed by atoms with Crippen LogP contribution in [-0.4, -0.2) is 18.0 Å². The molecule has 116 valence electrons. The first-order valence-corrected chi connectivity index (χ1v) is 8.60. The molecule has 0 radical (unpaired) electrons. The standard InChI is InChI=1S/C16H15BrClNO3/c1-6-2-9(17)10(18)5-11(6)19-15(20)13-7-3-8-12(4-7)22-16(21)14(8)13/h2,5,7-8,12-14H,3-4H2,1H3,(H,19,20)/t7-,8-,12+,13+,14-/m1/s1. The highest BCUT2D eigenvalue weighted by atomic mass is 79.9. The summed E-state index contributed by atoms with van der Waals surface area (Å²) in [5.74, 6) is -0.300. The number of nitrogens with one attached hydrogen (secondary N) is 1. The van der Waals surface area contributed by atoms with Crippen LogP contribution in [-0.2, 0) is 14.3 Å².